The number of rotatable bonds is 2. The molecule has 31 heavy (non-hydrogen) atoms. The lowest BCUT2D eigenvalue weighted by Crippen LogP contribution is -2.50. The second-order valence-electron chi connectivity index (χ2n) is 7.66. The number of hydrogen-bond donors (Lipinski definition) is 2. The standard InChI is InChI=1S/C21H21N5O4S/c1-11-6-26(17(9-30-11)12-2-3-18-15(4-12)24-10-31-18)21(28)20(27)25-16-5-23-19(22)14-8-29-7-13(14)16/h2-5,10-11,17H,6-9H2,1H3,(H2,22,23)(H,25,27)/t11-,17?/m1/s1. The maximum atomic E-state index is 13.2. The molecule has 0 aliphatic carbocycles. The number of thiazole rings is 1. The smallest absolute Gasteiger partial charge is 0.313 e. The maximum Gasteiger partial charge on any atom is 0.313 e. The molecule has 2 aromatic heterocycles. The van der Waals surface area contributed by atoms with Gasteiger partial charge in [-0.05, 0) is 24.6 Å². The fourth-order valence-corrected chi connectivity index (χ4v) is 4.65. The van der Waals surface area contributed by atoms with Crippen molar-refractivity contribution in [1.29, 1.82) is 0 Å². The topological polar surface area (TPSA) is 120 Å². The summed E-state index contributed by atoms with van der Waals surface area (Å²) in [6.07, 6.45) is 1.29. The summed E-state index contributed by atoms with van der Waals surface area (Å²) in [5.41, 5.74) is 11.4. The van der Waals surface area contributed by atoms with Gasteiger partial charge < -0.3 is 25.4 Å². The molecular weight excluding hydrogens is 418 g/mol. The normalized spacial score (nSPS) is 20.6. The number of carbonyl (C=O) groups is 2. The van der Waals surface area contributed by atoms with Crippen LogP contribution in [0.4, 0.5) is 11.5 Å². The molecular formula is C21H21N5O4S. The van der Waals surface area contributed by atoms with E-state index in [1.807, 2.05) is 25.1 Å². The van der Waals surface area contributed by atoms with Crippen LogP contribution in [0.25, 0.3) is 10.2 Å². The van der Waals surface area contributed by atoms with E-state index in [-0.39, 0.29) is 12.1 Å². The summed E-state index contributed by atoms with van der Waals surface area (Å²) >= 11 is 1.55. The highest BCUT2D eigenvalue weighted by molar-refractivity contribution is 7.16. The number of morpholine rings is 1. The van der Waals surface area contributed by atoms with Crippen molar-refractivity contribution in [2.75, 3.05) is 24.2 Å². The fraction of sp³-hybridized carbons (Fsp3) is 0.333. The molecule has 1 saturated heterocycles. The van der Waals surface area contributed by atoms with Crippen molar-refractivity contribution >= 4 is 44.9 Å². The van der Waals surface area contributed by atoms with Gasteiger partial charge in [-0.25, -0.2) is 9.97 Å². The first kappa shape index (κ1) is 19.9. The first-order valence-electron chi connectivity index (χ1n) is 9.92. The van der Waals surface area contributed by atoms with Gasteiger partial charge >= 0.3 is 11.8 Å². The highest BCUT2D eigenvalue weighted by Gasteiger charge is 2.35. The maximum absolute atomic E-state index is 13.2. The predicted octanol–water partition coefficient (Wildman–Crippen LogP) is 2.23. The van der Waals surface area contributed by atoms with Crippen LogP contribution in [0.2, 0.25) is 0 Å². The lowest BCUT2D eigenvalue weighted by atomic mass is 10.0. The zero-order valence-corrected chi connectivity index (χ0v) is 17.6. The lowest BCUT2D eigenvalue weighted by molar-refractivity contribution is -0.152. The Morgan fingerprint density at radius 1 is 1.26 bits per heavy atom. The Kier molecular flexibility index (Phi) is 5.05. The van der Waals surface area contributed by atoms with E-state index in [4.69, 9.17) is 15.2 Å². The molecule has 9 nitrogen and oxygen atoms in total. The first-order chi connectivity index (χ1) is 15.0. The zero-order valence-electron chi connectivity index (χ0n) is 16.8. The number of ether oxygens (including phenoxy) is 2. The Morgan fingerprint density at radius 3 is 2.97 bits per heavy atom. The Balaban J connectivity index is 1.40. The average Bonchev–Trinajstić information content (AvgIpc) is 3.44. The van der Waals surface area contributed by atoms with Gasteiger partial charge in [-0.3, -0.25) is 9.59 Å². The number of carbonyl (C=O) groups excluding carboxylic acids is 2. The number of pyridine rings is 1. The molecule has 3 aromatic rings. The molecule has 2 amide bonds. The number of fused-ring (bicyclic) bond motifs is 2. The number of nitrogen functional groups attached to an aromatic ring is 1. The number of benzene rings is 1. The zero-order chi connectivity index (χ0) is 21.5. The van der Waals surface area contributed by atoms with E-state index < -0.39 is 11.8 Å². The van der Waals surface area contributed by atoms with Gasteiger partial charge in [0.1, 0.15) is 5.82 Å². The molecule has 5 rings (SSSR count). The molecule has 2 aliphatic rings. The third-order valence-electron chi connectivity index (χ3n) is 5.64. The van der Waals surface area contributed by atoms with Crippen molar-refractivity contribution < 1.29 is 19.1 Å². The van der Waals surface area contributed by atoms with Crippen LogP contribution in [-0.4, -0.2) is 45.9 Å². The number of aromatic nitrogens is 2. The number of anilines is 2. The lowest BCUT2D eigenvalue weighted by Gasteiger charge is -2.38. The molecule has 2 atom stereocenters. The summed E-state index contributed by atoms with van der Waals surface area (Å²) in [6.45, 7) is 3.16. The molecule has 0 saturated carbocycles. The van der Waals surface area contributed by atoms with Crippen molar-refractivity contribution in [2.24, 2.45) is 0 Å². The Morgan fingerprint density at radius 2 is 2.10 bits per heavy atom. The summed E-state index contributed by atoms with van der Waals surface area (Å²) in [5.74, 6) is -0.978. The number of hydrogen-bond acceptors (Lipinski definition) is 8. The van der Waals surface area contributed by atoms with Crippen LogP contribution in [-0.2, 0) is 32.3 Å². The fourth-order valence-electron chi connectivity index (χ4n) is 3.99. The third-order valence-corrected chi connectivity index (χ3v) is 6.45. The highest BCUT2D eigenvalue weighted by atomic mass is 32.1. The van der Waals surface area contributed by atoms with Crippen LogP contribution in [0, 0.1) is 0 Å². The van der Waals surface area contributed by atoms with Crippen molar-refractivity contribution in [3.63, 3.8) is 0 Å². The molecule has 3 N–H and O–H groups in total. The van der Waals surface area contributed by atoms with Gasteiger partial charge in [-0.2, -0.15) is 0 Å². The summed E-state index contributed by atoms with van der Waals surface area (Å²) in [6, 6.07) is 5.50. The molecule has 10 heteroatoms. The highest BCUT2D eigenvalue weighted by Crippen LogP contribution is 2.32. The Hall–Kier alpha value is -3.08. The number of nitrogens with one attached hydrogen (secondary N) is 1. The SMILES string of the molecule is C[C@@H]1CN(C(=O)C(=O)Nc2cnc(N)c3c2COC3)C(c2ccc3scnc3c2)CO1. The van der Waals surface area contributed by atoms with Crippen LogP contribution in [0.15, 0.2) is 29.9 Å². The van der Waals surface area contributed by atoms with E-state index in [0.717, 1.165) is 26.9 Å². The van der Waals surface area contributed by atoms with Gasteiger partial charge in [0.25, 0.3) is 0 Å². The Bertz CT molecular complexity index is 1180. The molecule has 0 spiro atoms. The second-order valence-corrected chi connectivity index (χ2v) is 8.54. The predicted molar refractivity (Wildman–Crippen MR) is 115 cm³/mol. The van der Waals surface area contributed by atoms with Crippen LogP contribution in [0.1, 0.15) is 29.7 Å². The van der Waals surface area contributed by atoms with E-state index in [1.165, 1.54) is 6.20 Å². The van der Waals surface area contributed by atoms with Gasteiger partial charge in [0, 0.05) is 17.7 Å². The van der Waals surface area contributed by atoms with Crippen LogP contribution < -0.4 is 11.1 Å². The molecule has 1 unspecified atom stereocenters. The average molecular weight is 439 g/mol. The number of amides is 2. The van der Waals surface area contributed by atoms with Crippen LogP contribution in [0.3, 0.4) is 0 Å². The molecule has 0 radical (unpaired) electrons. The van der Waals surface area contributed by atoms with Crippen molar-refractivity contribution in [1.82, 2.24) is 14.9 Å². The monoisotopic (exact) mass is 439 g/mol. The molecule has 4 heterocycles. The molecule has 160 valence electrons. The van der Waals surface area contributed by atoms with Gasteiger partial charge in [0.05, 0.1) is 59.6 Å². The van der Waals surface area contributed by atoms with Gasteiger partial charge in [0.2, 0.25) is 0 Å². The molecule has 2 aliphatic heterocycles. The summed E-state index contributed by atoms with van der Waals surface area (Å²) in [5, 5.41) is 2.70. The minimum absolute atomic E-state index is 0.174. The second kappa shape index (κ2) is 7.88. The van der Waals surface area contributed by atoms with E-state index in [1.54, 1.807) is 21.7 Å². The summed E-state index contributed by atoms with van der Waals surface area (Å²) < 4.78 is 12.3. The third kappa shape index (κ3) is 3.62. The first-order valence-corrected chi connectivity index (χ1v) is 10.8. The van der Waals surface area contributed by atoms with Crippen molar-refractivity contribution in [2.45, 2.75) is 32.3 Å². The molecule has 0 bridgehead atoms. The largest absolute Gasteiger partial charge is 0.383 e. The molecule has 1 aromatic carbocycles. The van der Waals surface area contributed by atoms with Crippen LogP contribution in [0.5, 0.6) is 0 Å². The van der Waals surface area contributed by atoms with Crippen molar-refractivity contribution in [3.8, 4) is 0 Å². The van der Waals surface area contributed by atoms with Crippen molar-refractivity contribution in [3.05, 3.63) is 46.6 Å². The number of nitrogens with zero attached hydrogens (tertiary/aromatic N) is 3. The number of nitrogens with two attached hydrogens (primary N) is 1. The van der Waals surface area contributed by atoms with E-state index >= 15 is 0 Å². The van der Waals surface area contributed by atoms with E-state index in [9.17, 15) is 9.59 Å². The van der Waals surface area contributed by atoms with Gasteiger partial charge in [0.15, 0.2) is 0 Å². The quantitative estimate of drug-likeness (QED) is 0.588. The van der Waals surface area contributed by atoms with E-state index in [2.05, 4.69) is 15.3 Å². The van der Waals surface area contributed by atoms with E-state index in [0.29, 0.717) is 37.9 Å². The minimum atomic E-state index is -0.727. The van der Waals surface area contributed by atoms with Gasteiger partial charge in [-0.1, -0.05) is 6.07 Å². The Labute approximate surface area is 182 Å². The van der Waals surface area contributed by atoms with Gasteiger partial charge in [-0.15, -0.1) is 11.3 Å². The molecule has 1 fully saturated rings. The minimum Gasteiger partial charge on any atom is -0.383 e. The van der Waals surface area contributed by atoms with Crippen LogP contribution >= 0.6 is 11.3 Å². The summed E-state index contributed by atoms with van der Waals surface area (Å²) in [4.78, 5) is 36.1. The summed E-state index contributed by atoms with van der Waals surface area (Å²) in [7, 11) is 0.